The quantitative estimate of drug-likeness (QED) is 0.693. The van der Waals surface area contributed by atoms with Crippen molar-refractivity contribution in [2.24, 2.45) is 5.73 Å². The van der Waals surface area contributed by atoms with Crippen LogP contribution in [0, 0.1) is 5.82 Å². The number of hydrogen-bond donors (Lipinski definition) is 2. The fourth-order valence-corrected chi connectivity index (χ4v) is 1.39. The van der Waals surface area contributed by atoms with Crippen LogP contribution in [-0.4, -0.2) is 18.9 Å². The highest BCUT2D eigenvalue weighted by atomic mass is 32.2. The van der Waals surface area contributed by atoms with Gasteiger partial charge in [0.05, 0.1) is 4.90 Å². The zero-order valence-electron chi connectivity index (χ0n) is 6.77. The molecule has 7 heteroatoms. The monoisotopic (exact) mass is 219 g/mol. The van der Waals surface area contributed by atoms with E-state index in [0.29, 0.717) is 6.07 Å². The third-order valence-electron chi connectivity index (χ3n) is 1.45. The number of carbonyl (C=O) groups is 1. The summed E-state index contributed by atoms with van der Waals surface area (Å²) in [6.45, 7) is 0. The number of amides is 1. The molecule has 0 fully saturated rings. The normalized spacial score (nSPS) is 11.3. The minimum atomic E-state index is -4.53. The summed E-state index contributed by atoms with van der Waals surface area (Å²) in [7, 11) is -4.53. The first-order valence-corrected chi connectivity index (χ1v) is 4.82. The SMILES string of the molecule is NC(=O)c1cc(F)cc(S(=O)(=O)O)c1. The molecule has 0 aliphatic heterocycles. The second kappa shape index (κ2) is 3.35. The van der Waals surface area contributed by atoms with Crippen LogP contribution >= 0.6 is 0 Å². The fraction of sp³-hybridized carbons (Fsp3) is 0. The predicted octanol–water partition coefficient (Wildman–Crippen LogP) is 0.171. The maximum absolute atomic E-state index is 12.7. The molecule has 76 valence electrons. The van der Waals surface area contributed by atoms with Crippen molar-refractivity contribution < 1.29 is 22.2 Å². The molecule has 0 saturated carbocycles. The molecule has 0 spiro atoms. The van der Waals surface area contributed by atoms with Crippen molar-refractivity contribution in [3.8, 4) is 0 Å². The molecule has 1 amide bonds. The van der Waals surface area contributed by atoms with Crippen LogP contribution in [0.4, 0.5) is 4.39 Å². The zero-order chi connectivity index (χ0) is 10.9. The Labute approximate surface area is 79.1 Å². The van der Waals surface area contributed by atoms with Gasteiger partial charge in [-0.05, 0) is 18.2 Å². The Kier molecular flexibility index (Phi) is 2.54. The first-order chi connectivity index (χ1) is 6.30. The predicted molar refractivity (Wildman–Crippen MR) is 44.7 cm³/mol. The standard InChI is InChI=1S/C7H6FNO4S/c8-5-1-4(7(9)10)2-6(3-5)14(11,12)13/h1-3H,(H2,9,10)(H,11,12,13). The lowest BCUT2D eigenvalue weighted by molar-refractivity contribution is 0.0999. The number of halogens is 1. The Morgan fingerprint density at radius 2 is 1.93 bits per heavy atom. The van der Waals surface area contributed by atoms with E-state index in [0.717, 1.165) is 12.1 Å². The van der Waals surface area contributed by atoms with E-state index in [1.54, 1.807) is 0 Å². The summed E-state index contributed by atoms with van der Waals surface area (Å²) in [5.41, 5.74) is 4.49. The summed E-state index contributed by atoms with van der Waals surface area (Å²) < 4.78 is 42.5. The summed E-state index contributed by atoms with van der Waals surface area (Å²) >= 11 is 0. The summed E-state index contributed by atoms with van der Waals surface area (Å²) in [6, 6.07) is 2.15. The first kappa shape index (κ1) is 10.6. The Morgan fingerprint density at radius 3 is 2.36 bits per heavy atom. The average Bonchev–Trinajstić information content (AvgIpc) is 2.01. The van der Waals surface area contributed by atoms with Crippen LogP contribution in [0.5, 0.6) is 0 Å². The molecule has 0 aliphatic rings. The van der Waals surface area contributed by atoms with Crippen LogP contribution in [0.25, 0.3) is 0 Å². The summed E-state index contributed by atoms with van der Waals surface area (Å²) in [5.74, 6) is -1.94. The van der Waals surface area contributed by atoms with Gasteiger partial charge in [-0.15, -0.1) is 0 Å². The summed E-state index contributed by atoms with van der Waals surface area (Å²) in [6.07, 6.45) is 0. The largest absolute Gasteiger partial charge is 0.366 e. The van der Waals surface area contributed by atoms with Crippen LogP contribution < -0.4 is 5.73 Å². The van der Waals surface area contributed by atoms with E-state index >= 15 is 0 Å². The molecule has 1 rings (SSSR count). The fourth-order valence-electron chi connectivity index (χ4n) is 0.854. The summed E-state index contributed by atoms with van der Waals surface area (Å²) in [5, 5.41) is 0. The maximum Gasteiger partial charge on any atom is 0.294 e. The van der Waals surface area contributed by atoms with Gasteiger partial charge in [-0.25, -0.2) is 4.39 Å². The number of nitrogens with two attached hydrogens (primary N) is 1. The van der Waals surface area contributed by atoms with Crippen molar-refractivity contribution in [3.63, 3.8) is 0 Å². The van der Waals surface area contributed by atoms with Crippen molar-refractivity contribution in [2.75, 3.05) is 0 Å². The Hall–Kier alpha value is -1.47. The number of hydrogen-bond acceptors (Lipinski definition) is 3. The second-order valence-corrected chi connectivity index (χ2v) is 3.94. The molecule has 0 unspecified atom stereocenters. The smallest absolute Gasteiger partial charge is 0.294 e. The molecule has 0 aromatic heterocycles. The van der Waals surface area contributed by atoms with E-state index in [-0.39, 0.29) is 5.56 Å². The second-order valence-electron chi connectivity index (χ2n) is 2.51. The van der Waals surface area contributed by atoms with E-state index in [2.05, 4.69) is 0 Å². The van der Waals surface area contributed by atoms with Crippen LogP contribution in [0.15, 0.2) is 23.1 Å². The molecule has 14 heavy (non-hydrogen) atoms. The van der Waals surface area contributed by atoms with E-state index in [9.17, 15) is 17.6 Å². The molecular weight excluding hydrogens is 213 g/mol. The van der Waals surface area contributed by atoms with Gasteiger partial charge >= 0.3 is 0 Å². The van der Waals surface area contributed by atoms with Gasteiger partial charge in [0.25, 0.3) is 10.1 Å². The number of primary amides is 1. The van der Waals surface area contributed by atoms with Crippen molar-refractivity contribution in [3.05, 3.63) is 29.6 Å². The average molecular weight is 219 g/mol. The highest BCUT2D eigenvalue weighted by Gasteiger charge is 2.14. The minimum Gasteiger partial charge on any atom is -0.366 e. The van der Waals surface area contributed by atoms with Gasteiger partial charge in [-0.2, -0.15) is 8.42 Å². The maximum atomic E-state index is 12.7. The molecule has 5 nitrogen and oxygen atoms in total. The molecule has 0 atom stereocenters. The van der Waals surface area contributed by atoms with Gasteiger partial charge in [0, 0.05) is 5.56 Å². The summed E-state index contributed by atoms with van der Waals surface area (Å²) in [4.78, 5) is 9.91. The highest BCUT2D eigenvalue weighted by Crippen LogP contribution is 2.13. The minimum absolute atomic E-state index is 0.322. The van der Waals surface area contributed by atoms with Crippen molar-refractivity contribution in [1.82, 2.24) is 0 Å². The number of rotatable bonds is 2. The molecule has 3 N–H and O–H groups in total. The Bertz CT molecular complexity index is 482. The molecule has 0 bridgehead atoms. The van der Waals surface area contributed by atoms with E-state index in [1.165, 1.54) is 0 Å². The molecule has 0 radical (unpaired) electrons. The van der Waals surface area contributed by atoms with Gasteiger partial charge in [0.15, 0.2) is 0 Å². The first-order valence-electron chi connectivity index (χ1n) is 3.38. The molecule has 0 heterocycles. The number of benzene rings is 1. The van der Waals surface area contributed by atoms with Gasteiger partial charge in [-0.3, -0.25) is 9.35 Å². The van der Waals surface area contributed by atoms with Crippen LogP contribution in [0.3, 0.4) is 0 Å². The van der Waals surface area contributed by atoms with Crippen LogP contribution in [-0.2, 0) is 10.1 Å². The van der Waals surface area contributed by atoms with Gasteiger partial charge in [0.2, 0.25) is 5.91 Å². The van der Waals surface area contributed by atoms with Crippen molar-refractivity contribution in [2.45, 2.75) is 4.90 Å². The molecular formula is C7H6FNO4S. The van der Waals surface area contributed by atoms with Crippen molar-refractivity contribution >= 4 is 16.0 Å². The van der Waals surface area contributed by atoms with E-state index in [4.69, 9.17) is 10.3 Å². The Morgan fingerprint density at radius 1 is 1.36 bits per heavy atom. The highest BCUT2D eigenvalue weighted by molar-refractivity contribution is 7.85. The van der Waals surface area contributed by atoms with E-state index in [1.807, 2.05) is 0 Å². The van der Waals surface area contributed by atoms with Gasteiger partial charge in [0.1, 0.15) is 5.82 Å². The van der Waals surface area contributed by atoms with E-state index < -0.39 is 26.7 Å². The molecule has 1 aromatic carbocycles. The van der Waals surface area contributed by atoms with Crippen LogP contribution in [0.2, 0.25) is 0 Å². The topological polar surface area (TPSA) is 97.5 Å². The third-order valence-corrected chi connectivity index (χ3v) is 2.29. The lowest BCUT2D eigenvalue weighted by Gasteiger charge is -2.00. The van der Waals surface area contributed by atoms with Gasteiger partial charge in [-0.1, -0.05) is 0 Å². The zero-order valence-corrected chi connectivity index (χ0v) is 7.58. The Balaban J connectivity index is 3.43. The third kappa shape index (κ3) is 2.27. The van der Waals surface area contributed by atoms with Gasteiger partial charge < -0.3 is 5.73 Å². The lowest BCUT2D eigenvalue weighted by atomic mass is 10.2. The van der Waals surface area contributed by atoms with Crippen LogP contribution in [0.1, 0.15) is 10.4 Å². The molecule has 0 aliphatic carbocycles. The molecule has 0 saturated heterocycles. The molecule has 1 aromatic rings. The van der Waals surface area contributed by atoms with Crippen molar-refractivity contribution in [1.29, 1.82) is 0 Å². The lowest BCUT2D eigenvalue weighted by Crippen LogP contribution is -2.12. The number of carbonyl (C=O) groups excluding carboxylic acids is 1.